The summed E-state index contributed by atoms with van der Waals surface area (Å²) < 4.78 is 0. The quantitative estimate of drug-likeness (QED) is 0.685. The molecule has 0 saturated carbocycles. The summed E-state index contributed by atoms with van der Waals surface area (Å²) in [6.07, 6.45) is 3.31. The molecule has 0 fully saturated rings. The van der Waals surface area contributed by atoms with Crippen LogP contribution in [0.3, 0.4) is 0 Å². The first-order chi connectivity index (χ1) is 11.3. The zero-order valence-electron chi connectivity index (χ0n) is 13.1. The lowest BCUT2D eigenvalue weighted by Crippen LogP contribution is -2.17. The molecule has 0 aliphatic carbocycles. The molecule has 0 aliphatic rings. The summed E-state index contributed by atoms with van der Waals surface area (Å²) in [5.41, 5.74) is 2.40. The molecule has 0 aromatic heterocycles. The summed E-state index contributed by atoms with van der Waals surface area (Å²) >= 11 is 0. The zero-order chi connectivity index (χ0) is 16.5. The first-order valence-electron chi connectivity index (χ1n) is 7.79. The molecule has 0 bridgehead atoms. The molecular formula is C21H20N2. The first kappa shape index (κ1) is 16.5. The highest BCUT2D eigenvalue weighted by molar-refractivity contribution is 5.26. The van der Waals surface area contributed by atoms with Gasteiger partial charge in [-0.05, 0) is 29.9 Å². The van der Waals surface area contributed by atoms with Gasteiger partial charge >= 0.3 is 0 Å². The second-order valence-corrected chi connectivity index (χ2v) is 5.67. The highest BCUT2D eigenvalue weighted by Gasteiger charge is 2.24. The minimum atomic E-state index is -0.588. The van der Waals surface area contributed by atoms with Crippen molar-refractivity contribution in [2.24, 2.45) is 11.8 Å². The van der Waals surface area contributed by atoms with Gasteiger partial charge in [0.05, 0.1) is 12.1 Å². The molecule has 114 valence electrons. The Labute approximate surface area is 138 Å². The van der Waals surface area contributed by atoms with E-state index in [1.807, 2.05) is 42.5 Å². The Morgan fingerprint density at radius 3 is 2.00 bits per heavy atom. The van der Waals surface area contributed by atoms with Gasteiger partial charge in [0, 0.05) is 5.92 Å². The van der Waals surface area contributed by atoms with E-state index in [1.165, 1.54) is 11.1 Å². The highest BCUT2D eigenvalue weighted by atomic mass is 14.3. The molecule has 2 rings (SSSR count). The first-order valence-corrected chi connectivity index (χ1v) is 7.79. The molecule has 0 N–H and O–H groups in total. The van der Waals surface area contributed by atoms with E-state index in [-0.39, 0.29) is 11.8 Å². The molecule has 0 amide bonds. The summed E-state index contributed by atoms with van der Waals surface area (Å²) in [5, 5.41) is 18.3. The number of benzene rings is 2. The molecule has 0 heterocycles. The van der Waals surface area contributed by atoms with Crippen molar-refractivity contribution >= 4 is 0 Å². The van der Waals surface area contributed by atoms with Crippen LogP contribution >= 0.6 is 0 Å². The van der Waals surface area contributed by atoms with Crippen molar-refractivity contribution in [3.8, 4) is 12.1 Å². The lowest BCUT2D eigenvalue weighted by Gasteiger charge is -2.25. The summed E-state index contributed by atoms with van der Waals surface area (Å²) in [4.78, 5) is 0. The topological polar surface area (TPSA) is 47.6 Å². The second-order valence-electron chi connectivity index (χ2n) is 5.67. The minimum Gasteiger partial charge on any atom is -0.197 e. The van der Waals surface area contributed by atoms with Crippen molar-refractivity contribution in [2.45, 2.75) is 18.8 Å². The normalized spacial score (nSPS) is 12.8. The van der Waals surface area contributed by atoms with Crippen LogP contribution in [0.2, 0.25) is 0 Å². The Bertz CT molecular complexity index is 678. The summed E-state index contributed by atoms with van der Waals surface area (Å²) in [6.45, 7) is 3.99. The van der Waals surface area contributed by atoms with Gasteiger partial charge in [-0.25, -0.2) is 0 Å². The van der Waals surface area contributed by atoms with Crippen molar-refractivity contribution < 1.29 is 0 Å². The molecule has 0 unspecified atom stereocenters. The highest BCUT2D eigenvalue weighted by Crippen LogP contribution is 2.33. The van der Waals surface area contributed by atoms with Crippen molar-refractivity contribution in [1.29, 1.82) is 10.5 Å². The fraction of sp³-hybridized carbons (Fsp3) is 0.238. The Balaban J connectivity index is 2.29. The van der Waals surface area contributed by atoms with E-state index in [0.717, 1.165) is 6.42 Å². The van der Waals surface area contributed by atoms with E-state index < -0.39 is 5.92 Å². The SMILES string of the molecule is C=C[C@H](c1ccccc1)[C@@H](Cc1ccccc1)CC(C#N)C#N. The van der Waals surface area contributed by atoms with Gasteiger partial charge in [0.1, 0.15) is 5.92 Å². The molecule has 2 heteroatoms. The van der Waals surface area contributed by atoms with Gasteiger partial charge in [0.15, 0.2) is 0 Å². The Hall–Kier alpha value is -2.84. The smallest absolute Gasteiger partial charge is 0.133 e. The zero-order valence-corrected chi connectivity index (χ0v) is 13.1. The molecule has 0 radical (unpaired) electrons. The molecule has 2 atom stereocenters. The summed E-state index contributed by atoms with van der Waals surface area (Å²) in [6, 6.07) is 24.6. The van der Waals surface area contributed by atoms with Gasteiger partial charge in [0.2, 0.25) is 0 Å². The average molecular weight is 300 g/mol. The van der Waals surface area contributed by atoms with Gasteiger partial charge in [-0.15, -0.1) is 6.58 Å². The maximum Gasteiger partial charge on any atom is 0.133 e. The third kappa shape index (κ3) is 4.56. The summed E-state index contributed by atoms with van der Waals surface area (Å²) in [7, 11) is 0. The van der Waals surface area contributed by atoms with E-state index in [4.69, 9.17) is 10.5 Å². The van der Waals surface area contributed by atoms with Crippen LogP contribution in [-0.2, 0) is 6.42 Å². The second kappa shape index (κ2) is 8.57. The molecule has 0 aliphatic heterocycles. The molecule has 23 heavy (non-hydrogen) atoms. The number of hydrogen-bond acceptors (Lipinski definition) is 2. The predicted octanol–water partition coefficient (Wildman–Crippen LogP) is 4.87. The van der Waals surface area contributed by atoms with Crippen LogP contribution in [0, 0.1) is 34.5 Å². The van der Waals surface area contributed by atoms with Gasteiger partial charge in [-0.1, -0.05) is 66.7 Å². The molecule has 0 spiro atoms. The standard InChI is InChI=1S/C21H20N2/c1-2-21(19-11-7-4-8-12-19)20(14-18(15-22)16-23)13-17-9-5-3-6-10-17/h2-12,18,20-21H,1,13-14H2/t20-,21+/m0/s1. The Kier molecular flexibility index (Phi) is 6.16. The average Bonchev–Trinajstić information content (AvgIpc) is 2.61. The lowest BCUT2D eigenvalue weighted by molar-refractivity contribution is 0.417. The van der Waals surface area contributed by atoms with Crippen LogP contribution in [-0.4, -0.2) is 0 Å². The third-order valence-corrected chi connectivity index (χ3v) is 4.14. The maximum atomic E-state index is 9.17. The van der Waals surface area contributed by atoms with Crippen molar-refractivity contribution in [1.82, 2.24) is 0 Å². The minimum absolute atomic E-state index is 0.126. The number of hydrogen-bond donors (Lipinski definition) is 0. The number of nitriles is 2. The summed E-state index contributed by atoms with van der Waals surface area (Å²) in [5.74, 6) is -0.294. The van der Waals surface area contributed by atoms with Crippen molar-refractivity contribution in [2.75, 3.05) is 0 Å². The van der Waals surface area contributed by atoms with E-state index >= 15 is 0 Å². The van der Waals surface area contributed by atoms with Crippen LogP contribution in [0.1, 0.15) is 23.5 Å². The van der Waals surface area contributed by atoms with E-state index in [2.05, 4.69) is 43.0 Å². The Morgan fingerprint density at radius 2 is 1.48 bits per heavy atom. The predicted molar refractivity (Wildman–Crippen MR) is 92.3 cm³/mol. The van der Waals surface area contributed by atoms with Gasteiger partial charge in [0.25, 0.3) is 0 Å². The molecule has 2 nitrogen and oxygen atoms in total. The lowest BCUT2D eigenvalue weighted by atomic mass is 9.77. The number of allylic oxidation sites excluding steroid dienone is 1. The van der Waals surface area contributed by atoms with Crippen LogP contribution in [0.5, 0.6) is 0 Å². The van der Waals surface area contributed by atoms with E-state index in [9.17, 15) is 0 Å². The Morgan fingerprint density at radius 1 is 0.913 bits per heavy atom. The monoisotopic (exact) mass is 300 g/mol. The van der Waals surface area contributed by atoms with Gasteiger partial charge < -0.3 is 0 Å². The van der Waals surface area contributed by atoms with Crippen molar-refractivity contribution in [3.63, 3.8) is 0 Å². The van der Waals surface area contributed by atoms with Crippen LogP contribution in [0.4, 0.5) is 0 Å². The molecule has 2 aromatic carbocycles. The number of nitrogens with zero attached hydrogens (tertiary/aromatic N) is 2. The molecule has 2 aromatic rings. The van der Waals surface area contributed by atoms with E-state index in [1.54, 1.807) is 0 Å². The fourth-order valence-corrected chi connectivity index (χ4v) is 2.99. The number of rotatable bonds is 7. The van der Waals surface area contributed by atoms with Gasteiger partial charge in [-0.2, -0.15) is 10.5 Å². The fourth-order valence-electron chi connectivity index (χ4n) is 2.99. The largest absolute Gasteiger partial charge is 0.197 e. The molecule has 0 saturated heterocycles. The van der Waals surface area contributed by atoms with Crippen molar-refractivity contribution in [3.05, 3.63) is 84.4 Å². The third-order valence-electron chi connectivity index (χ3n) is 4.14. The van der Waals surface area contributed by atoms with Crippen LogP contribution < -0.4 is 0 Å². The van der Waals surface area contributed by atoms with Crippen LogP contribution in [0.15, 0.2) is 73.3 Å². The molecular weight excluding hydrogens is 280 g/mol. The van der Waals surface area contributed by atoms with E-state index in [0.29, 0.717) is 6.42 Å². The van der Waals surface area contributed by atoms with Crippen LogP contribution in [0.25, 0.3) is 0 Å². The maximum absolute atomic E-state index is 9.17. The van der Waals surface area contributed by atoms with Gasteiger partial charge in [-0.3, -0.25) is 0 Å².